The van der Waals surface area contributed by atoms with Crippen LogP contribution in [0.5, 0.6) is 0 Å². The molecule has 0 radical (unpaired) electrons. The lowest BCUT2D eigenvalue weighted by atomic mass is 9.88. The summed E-state index contributed by atoms with van der Waals surface area (Å²) in [6, 6.07) is 0.640. The van der Waals surface area contributed by atoms with Crippen molar-refractivity contribution in [3.8, 4) is 0 Å². The summed E-state index contributed by atoms with van der Waals surface area (Å²) in [5.41, 5.74) is 5.19. The standard InChI is InChI=1S/C15H28N2O2/c16-11-15(18)7-2-3-12(15)6-8-17-9-10-19-14-5-1-4-13(14)17/h12-14,18H,1-11,16H2. The van der Waals surface area contributed by atoms with Gasteiger partial charge in [0.1, 0.15) is 0 Å². The van der Waals surface area contributed by atoms with Crippen molar-refractivity contribution < 1.29 is 9.84 Å². The molecule has 0 aromatic carbocycles. The van der Waals surface area contributed by atoms with Gasteiger partial charge in [0.15, 0.2) is 0 Å². The number of aliphatic hydroxyl groups is 1. The van der Waals surface area contributed by atoms with E-state index in [2.05, 4.69) is 4.90 Å². The Hall–Kier alpha value is -0.160. The first-order chi connectivity index (χ1) is 9.23. The summed E-state index contributed by atoms with van der Waals surface area (Å²) in [6.45, 7) is 3.48. The zero-order chi connectivity index (χ0) is 13.3. The molecular weight excluding hydrogens is 240 g/mol. The lowest BCUT2D eigenvalue weighted by Crippen LogP contribution is -2.50. The van der Waals surface area contributed by atoms with Crippen molar-refractivity contribution in [3.63, 3.8) is 0 Å². The number of ether oxygens (including phenoxy) is 1. The number of nitrogens with two attached hydrogens (primary N) is 1. The lowest BCUT2D eigenvalue weighted by Gasteiger charge is -2.39. The molecule has 3 fully saturated rings. The summed E-state index contributed by atoms with van der Waals surface area (Å²) < 4.78 is 5.85. The largest absolute Gasteiger partial charge is 0.388 e. The molecule has 0 amide bonds. The van der Waals surface area contributed by atoms with Crippen LogP contribution in [0.1, 0.15) is 44.9 Å². The highest BCUT2D eigenvalue weighted by Crippen LogP contribution is 2.38. The van der Waals surface area contributed by atoms with Crippen LogP contribution in [0.3, 0.4) is 0 Å². The number of nitrogens with zero attached hydrogens (tertiary/aromatic N) is 1. The van der Waals surface area contributed by atoms with Crippen molar-refractivity contribution >= 4 is 0 Å². The Morgan fingerprint density at radius 2 is 2.16 bits per heavy atom. The van der Waals surface area contributed by atoms with Crippen LogP contribution in [0.15, 0.2) is 0 Å². The van der Waals surface area contributed by atoms with Gasteiger partial charge in [-0.1, -0.05) is 6.42 Å². The highest BCUT2D eigenvalue weighted by Gasteiger charge is 2.41. The van der Waals surface area contributed by atoms with Crippen molar-refractivity contribution in [2.45, 2.75) is 62.7 Å². The summed E-state index contributed by atoms with van der Waals surface area (Å²) in [5, 5.41) is 10.5. The van der Waals surface area contributed by atoms with Gasteiger partial charge >= 0.3 is 0 Å². The van der Waals surface area contributed by atoms with E-state index in [1.165, 1.54) is 19.3 Å². The maximum absolute atomic E-state index is 10.5. The van der Waals surface area contributed by atoms with E-state index in [9.17, 15) is 5.11 Å². The summed E-state index contributed by atoms with van der Waals surface area (Å²) in [5.74, 6) is 0.403. The number of morpholine rings is 1. The molecule has 4 unspecified atom stereocenters. The van der Waals surface area contributed by atoms with Gasteiger partial charge < -0.3 is 15.6 Å². The molecule has 2 aliphatic carbocycles. The second-order valence-electron chi connectivity index (χ2n) is 6.63. The Morgan fingerprint density at radius 3 is 3.00 bits per heavy atom. The van der Waals surface area contributed by atoms with E-state index in [0.29, 0.717) is 24.6 Å². The van der Waals surface area contributed by atoms with E-state index < -0.39 is 5.60 Å². The fraction of sp³-hybridized carbons (Fsp3) is 1.00. The number of hydrogen-bond donors (Lipinski definition) is 2. The quantitative estimate of drug-likeness (QED) is 0.802. The average molecular weight is 268 g/mol. The summed E-state index contributed by atoms with van der Waals surface area (Å²) in [6.07, 6.45) is 8.57. The topological polar surface area (TPSA) is 58.7 Å². The third-order valence-corrected chi connectivity index (χ3v) is 5.64. The van der Waals surface area contributed by atoms with Crippen molar-refractivity contribution in [2.75, 3.05) is 26.2 Å². The molecule has 110 valence electrons. The Kier molecular flexibility index (Phi) is 4.13. The third-order valence-electron chi connectivity index (χ3n) is 5.64. The molecule has 19 heavy (non-hydrogen) atoms. The fourth-order valence-electron chi connectivity index (χ4n) is 4.41. The molecule has 1 heterocycles. The van der Waals surface area contributed by atoms with Crippen LogP contribution in [0.25, 0.3) is 0 Å². The van der Waals surface area contributed by atoms with Crippen LogP contribution in [0, 0.1) is 5.92 Å². The fourth-order valence-corrected chi connectivity index (χ4v) is 4.41. The van der Waals surface area contributed by atoms with E-state index in [1.54, 1.807) is 0 Å². The molecule has 3 N–H and O–H groups in total. The Morgan fingerprint density at radius 1 is 1.26 bits per heavy atom. The molecule has 0 aromatic rings. The van der Waals surface area contributed by atoms with Gasteiger partial charge in [-0.05, 0) is 51.0 Å². The van der Waals surface area contributed by atoms with Crippen LogP contribution in [0.2, 0.25) is 0 Å². The zero-order valence-electron chi connectivity index (χ0n) is 11.9. The summed E-state index contributed by atoms with van der Waals surface area (Å²) in [4.78, 5) is 2.61. The molecule has 1 saturated heterocycles. The maximum Gasteiger partial charge on any atom is 0.0797 e. The minimum atomic E-state index is -0.582. The van der Waals surface area contributed by atoms with Gasteiger partial charge in [-0.3, -0.25) is 4.90 Å². The van der Waals surface area contributed by atoms with Gasteiger partial charge in [-0.2, -0.15) is 0 Å². The van der Waals surface area contributed by atoms with Crippen molar-refractivity contribution in [3.05, 3.63) is 0 Å². The predicted molar refractivity (Wildman–Crippen MR) is 74.9 cm³/mol. The molecule has 0 bridgehead atoms. The normalized spacial score (nSPS) is 43.6. The summed E-state index contributed by atoms with van der Waals surface area (Å²) >= 11 is 0. The minimum absolute atomic E-state index is 0.403. The molecule has 4 heteroatoms. The minimum Gasteiger partial charge on any atom is -0.388 e. The first kappa shape index (κ1) is 13.8. The van der Waals surface area contributed by atoms with Crippen molar-refractivity contribution in [2.24, 2.45) is 11.7 Å². The maximum atomic E-state index is 10.5. The third kappa shape index (κ3) is 2.68. The van der Waals surface area contributed by atoms with E-state index in [-0.39, 0.29) is 0 Å². The second-order valence-corrected chi connectivity index (χ2v) is 6.63. The Balaban J connectivity index is 1.54. The van der Waals surface area contributed by atoms with Crippen molar-refractivity contribution in [1.82, 2.24) is 4.90 Å². The predicted octanol–water partition coefficient (Wildman–Crippen LogP) is 1.12. The number of fused-ring (bicyclic) bond motifs is 1. The smallest absolute Gasteiger partial charge is 0.0797 e. The molecule has 0 spiro atoms. The Bertz CT molecular complexity index is 313. The number of rotatable bonds is 4. The SMILES string of the molecule is NCC1(O)CCCC1CCN1CCOC2CCCC21. The average Bonchev–Trinajstić information content (AvgIpc) is 3.03. The van der Waals surface area contributed by atoms with Crippen molar-refractivity contribution in [1.29, 1.82) is 0 Å². The zero-order valence-corrected chi connectivity index (χ0v) is 11.9. The molecule has 4 atom stereocenters. The van der Waals surface area contributed by atoms with E-state index in [4.69, 9.17) is 10.5 Å². The Labute approximate surface area is 116 Å². The molecule has 3 rings (SSSR count). The van der Waals surface area contributed by atoms with E-state index in [0.717, 1.165) is 45.4 Å². The summed E-state index contributed by atoms with van der Waals surface area (Å²) in [7, 11) is 0. The first-order valence-electron chi connectivity index (χ1n) is 8.01. The molecule has 1 aliphatic heterocycles. The van der Waals surface area contributed by atoms with Crippen LogP contribution in [0.4, 0.5) is 0 Å². The highest BCUT2D eigenvalue weighted by molar-refractivity contribution is 4.95. The highest BCUT2D eigenvalue weighted by atomic mass is 16.5. The molecule has 4 nitrogen and oxygen atoms in total. The van der Waals surface area contributed by atoms with Gasteiger partial charge in [-0.15, -0.1) is 0 Å². The molecule has 0 aromatic heterocycles. The van der Waals surface area contributed by atoms with E-state index >= 15 is 0 Å². The van der Waals surface area contributed by atoms with Gasteiger partial charge in [0.05, 0.1) is 18.3 Å². The molecule has 3 aliphatic rings. The van der Waals surface area contributed by atoms with Gasteiger partial charge in [0, 0.05) is 19.1 Å². The first-order valence-corrected chi connectivity index (χ1v) is 8.01. The van der Waals surface area contributed by atoms with Crippen LogP contribution < -0.4 is 5.73 Å². The molecular formula is C15H28N2O2. The number of hydrogen-bond acceptors (Lipinski definition) is 4. The lowest BCUT2D eigenvalue weighted by molar-refractivity contribution is -0.0615. The monoisotopic (exact) mass is 268 g/mol. The van der Waals surface area contributed by atoms with E-state index in [1.807, 2.05) is 0 Å². The second kappa shape index (κ2) is 5.68. The van der Waals surface area contributed by atoms with Crippen LogP contribution in [-0.2, 0) is 4.74 Å². The van der Waals surface area contributed by atoms with Crippen LogP contribution in [-0.4, -0.2) is 54.0 Å². The molecule has 2 saturated carbocycles. The van der Waals surface area contributed by atoms with Crippen LogP contribution >= 0.6 is 0 Å². The van der Waals surface area contributed by atoms with Gasteiger partial charge in [0.2, 0.25) is 0 Å². The van der Waals surface area contributed by atoms with Gasteiger partial charge in [-0.25, -0.2) is 0 Å². The van der Waals surface area contributed by atoms with Gasteiger partial charge in [0.25, 0.3) is 0 Å².